The van der Waals surface area contributed by atoms with Crippen LogP contribution in [0, 0.1) is 24.2 Å². The number of ketones is 1. The number of carbonyl (C=O) groups excluding carboxylic acids is 2. The molecule has 3 heterocycles. The molecule has 8 heteroatoms. The maximum Gasteiger partial charge on any atom is 0.309 e. The molecule has 190 valence electrons. The van der Waals surface area contributed by atoms with E-state index in [-0.39, 0.29) is 30.3 Å². The Balaban J connectivity index is 1.81. The number of Topliss-reactive ketones (excluding diaryl/α,β-unsaturated/α-hetero) is 1. The third-order valence-corrected chi connectivity index (χ3v) is 7.41. The van der Waals surface area contributed by atoms with Crippen molar-refractivity contribution in [2.75, 3.05) is 0 Å². The fraction of sp³-hybridized carbons (Fsp3) is 0.731. The number of nitrogens with zero attached hydrogens (tertiary/aromatic N) is 1. The Morgan fingerprint density at radius 3 is 2.53 bits per heavy atom. The normalized spacial score (nSPS) is 36.0. The van der Waals surface area contributed by atoms with Crippen molar-refractivity contribution >= 4 is 17.8 Å². The summed E-state index contributed by atoms with van der Waals surface area (Å²) < 4.78 is 16.9. The number of cyclic esters (lactones) is 1. The number of aryl methyl sites for hydroxylation is 1. The zero-order chi connectivity index (χ0) is 25.2. The molecule has 1 aromatic rings. The van der Waals surface area contributed by atoms with Crippen molar-refractivity contribution < 1.29 is 33.7 Å². The Morgan fingerprint density at radius 1 is 1.18 bits per heavy atom. The molecule has 7 atom stereocenters. The van der Waals surface area contributed by atoms with Gasteiger partial charge >= 0.3 is 5.97 Å². The van der Waals surface area contributed by atoms with E-state index in [2.05, 4.69) is 4.98 Å². The Hall–Kier alpha value is -2.03. The lowest BCUT2D eigenvalue weighted by molar-refractivity contribution is -0.154. The number of rotatable bonds is 2. The number of carbonyl (C=O) groups is 2. The Kier molecular flexibility index (Phi) is 8.37. The number of fused-ring (bicyclic) bond motifs is 1. The minimum Gasteiger partial charge on any atom is -0.458 e. The quantitative estimate of drug-likeness (QED) is 0.489. The number of aliphatic hydroxyl groups excluding tert-OH is 2. The topological polar surface area (TPSA) is 122 Å². The van der Waals surface area contributed by atoms with E-state index in [1.54, 1.807) is 34.0 Å². The number of oxazole rings is 1. The fourth-order valence-corrected chi connectivity index (χ4v) is 4.78. The molecule has 0 bridgehead atoms. The van der Waals surface area contributed by atoms with Gasteiger partial charge in [0.15, 0.2) is 5.89 Å². The summed E-state index contributed by atoms with van der Waals surface area (Å²) in [7, 11) is 0. The van der Waals surface area contributed by atoms with E-state index < -0.39 is 35.6 Å². The second-order valence-corrected chi connectivity index (χ2v) is 10.6. The molecular formula is C26H39NO7. The number of hydrogen-bond donors (Lipinski definition) is 2. The Bertz CT molecular complexity index is 905. The monoisotopic (exact) mass is 477 g/mol. The summed E-state index contributed by atoms with van der Waals surface area (Å²) in [5.74, 6) is -1.03. The van der Waals surface area contributed by atoms with E-state index in [4.69, 9.17) is 13.9 Å². The molecule has 2 N–H and O–H groups in total. The van der Waals surface area contributed by atoms with Gasteiger partial charge in [0.05, 0.1) is 36.3 Å². The van der Waals surface area contributed by atoms with E-state index in [1.165, 1.54) is 0 Å². The van der Waals surface area contributed by atoms with Crippen LogP contribution in [-0.4, -0.2) is 57.5 Å². The summed E-state index contributed by atoms with van der Waals surface area (Å²) in [6.45, 7) is 10.5. The predicted molar refractivity (Wildman–Crippen MR) is 126 cm³/mol. The van der Waals surface area contributed by atoms with Crippen LogP contribution in [0.25, 0.3) is 6.08 Å². The molecule has 8 nitrogen and oxygen atoms in total. The number of aliphatic hydroxyl groups is 2. The molecule has 2 aliphatic heterocycles. The number of hydrogen-bond acceptors (Lipinski definition) is 8. The minimum absolute atomic E-state index is 0.0183. The van der Waals surface area contributed by atoms with Gasteiger partial charge in [0.1, 0.15) is 23.8 Å². The average molecular weight is 478 g/mol. The lowest BCUT2D eigenvalue weighted by Crippen LogP contribution is -2.45. The van der Waals surface area contributed by atoms with E-state index >= 15 is 0 Å². The van der Waals surface area contributed by atoms with Crippen LogP contribution in [0.2, 0.25) is 0 Å². The largest absolute Gasteiger partial charge is 0.458 e. The van der Waals surface area contributed by atoms with E-state index in [0.717, 1.165) is 24.8 Å². The van der Waals surface area contributed by atoms with Gasteiger partial charge in [-0.25, -0.2) is 4.98 Å². The van der Waals surface area contributed by atoms with Gasteiger partial charge in [-0.1, -0.05) is 34.1 Å². The van der Waals surface area contributed by atoms with Crippen LogP contribution in [0.3, 0.4) is 0 Å². The highest BCUT2D eigenvalue weighted by Crippen LogP contribution is 2.36. The highest BCUT2D eigenvalue weighted by atomic mass is 16.6. The van der Waals surface area contributed by atoms with Gasteiger partial charge in [-0.05, 0) is 37.3 Å². The highest BCUT2D eigenvalue weighted by molar-refractivity contribution is 5.88. The van der Waals surface area contributed by atoms with Crippen LogP contribution in [0.15, 0.2) is 16.3 Å². The first-order valence-electron chi connectivity index (χ1n) is 12.3. The Labute approximate surface area is 201 Å². The van der Waals surface area contributed by atoms with Crippen molar-refractivity contribution in [1.82, 2.24) is 4.98 Å². The van der Waals surface area contributed by atoms with Gasteiger partial charge < -0.3 is 24.1 Å². The zero-order valence-electron chi connectivity index (χ0n) is 21.1. The molecule has 2 aliphatic rings. The van der Waals surface area contributed by atoms with Crippen LogP contribution >= 0.6 is 0 Å². The standard InChI is InChI=1S/C26H39NO7/c1-14-8-7-9-19-21(33-19)11-20(15(2)10-18-13-32-17(4)27-18)34-23(29)12-22(28)26(5,6)25(31)16(3)24(14)30/h10,13-14,16,19-22,24,28,30H,7-9,11-12H2,1-6H3/b15-10+/t14-,16-,19+,20-,21-,22-,24+/m0/s1. The van der Waals surface area contributed by atoms with Crippen molar-refractivity contribution in [3.63, 3.8) is 0 Å². The van der Waals surface area contributed by atoms with Crippen molar-refractivity contribution in [2.24, 2.45) is 17.3 Å². The van der Waals surface area contributed by atoms with Gasteiger partial charge in [-0.3, -0.25) is 9.59 Å². The molecule has 0 amide bonds. The van der Waals surface area contributed by atoms with Crippen LogP contribution < -0.4 is 0 Å². The van der Waals surface area contributed by atoms with Crippen molar-refractivity contribution in [2.45, 2.75) is 104 Å². The van der Waals surface area contributed by atoms with E-state index in [0.29, 0.717) is 18.0 Å². The van der Waals surface area contributed by atoms with Crippen molar-refractivity contribution in [3.05, 3.63) is 23.4 Å². The second kappa shape index (κ2) is 10.7. The van der Waals surface area contributed by atoms with Crippen molar-refractivity contribution in [1.29, 1.82) is 0 Å². The summed E-state index contributed by atoms with van der Waals surface area (Å²) in [4.78, 5) is 30.3. The van der Waals surface area contributed by atoms with Crippen LogP contribution in [0.5, 0.6) is 0 Å². The number of ether oxygens (including phenoxy) is 2. The molecule has 2 saturated heterocycles. The maximum absolute atomic E-state index is 13.2. The molecule has 0 radical (unpaired) electrons. The van der Waals surface area contributed by atoms with Crippen LogP contribution in [0.1, 0.15) is 78.3 Å². The number of epoxide rings is 1. The molecule has 0 saturated carbocycles. The molecule has 2 fully saturated rings. The lowest BCUT2D eigenvalue weighted by atomic mass is 9.73. The summed E-state index contributed by atoms with van der Waals surface area (Å²) in [5, 5.41) is 21.6. The lowest BCUT2D eigenvalue weighted by Gasteiger charge is -2.34. The molecule has 0 spiro atoms. The maximum atomic E-state index is 13.2. The molecule has 3 rings (SSSR count). The van der Waals surface area contributed by atoms with Gasteiger partial charge in [-0.2, -0.15) is 0 Å². The summed E-state index contributed by atoms with van der Waals surface area (Å²) in [6, 6.07) is 0. The Morgan fingerprint density at radius 2 is 1.88 bits per heavy atom. The van der Waals surface area contributed by atoms with Crippen LogP contribution in [-0.2, 0) is 19.1 Å². The molecule has 34 heavy (non-hydrogen) atoms. The molecule has 0 unspecified atom stereocenters. The molecule has 0 aliphatic carbocycles. The zero-order valence-corrected chi connectivity index (χ0v) is 21.1. The highest BCUT2D eigenvalue weighted by Gasteiger charge is 2.44. The third kappa shape index (κ3) is 6.34. The minimum atomic E-state index is -1.24. The SMILES string of the molecule is C/C(=C\c1coc(C)n1)[C@@H]1C[C@@H]2O[C@@H]2CCC[C@H](C)[C@@H](O)[C@H](C)C(=O)C(C)(C)[C@@H](O)CC(=O)O1. The average Bonchev–Trinajstić information content (AvgIpc) is 3.38. The summed E-state index contributed by atoms with van der Waals surface area (Å²) in [6.07, 6.45) is 3.51. The van der Waals surface area contributed by atoms with Gasteiger partial charge in [0, 0.05) is 19.3 Å². The van der Waals surface area contributed by atoms with Crippen LogP contribution in [0.4, 0.5) is 0 Å². The van der Waals surface area contributed by atoms with Crippen molar-refractivity contribution in [3.8, 4) is 0 Å². The van der Waals surface area contributed by atoms with Gasteiger partial charge in [0.25, 0.3) is 0 Å². The molecular weight excluding hydrogens is 438 g/mol. The van der Waals surface area contributed by atoms with E-state index in [1.807, 2.05) is 19.9 Å². The number of esters is 1. The van der Waals surface area contributed by atoms with E-state index in [9.17, 15) is 19.8 Å². The smallest absolute Gasteiger partial charge is 0.309 e. The second-order valence-electron chi connectivity index (χ2n) is 10.6. The third-order valence-electron chi connectivity index (χ3n) is 7.41. The predicted octanol–water partition coefficient (Wildman–Crippen LogP) is 3.62. The first-order chi connectivity index (χ1) is 15.9. The summed E-state index contributed by atoms with van der Waals surface area (Å²) >= 11 is 0. The molecule has 1 aromatic heterocycles. The first-order valence-corrected chi connectivity index (χ1v) is 12.3. The summed E-state index contributed by atoms with van der Waals surface area (Å²) in [5.41, 5.74) is 0.228. The van der Waals surface area contributed by atoms with Gasteiger partial charge in [-0.15, -0.1) is 0 Å². The van der Waals surface area contributed by atoms with Gasteiger partial charge in [0.2, 0.25) is 0 Å². The number of aromatic nitrogens is 1. The first kappa shape index (κ1) is 26.6. The fourth-order valence-electron chi connectivity index (χ4n) is 4.78. The molecule has 0 aromatic carbocycles.